The molecule has 2 aliphatic rings. The van der Waals surface area contributed by atoms with E-state index >= 15 is 0 Å². The lowest BCUT2D eigenvalue weighted by molar-refractivity contribution is -0.139. The summed E-state index contributed by atoms with van der Waals surface area (Å²) in [6.07, 6.45) is 1.61. The first kappa shape index (κ1) is 22.6. The smallest absolute Gasteiger partial charge is 0.295 e. The molecule has 2 aliphatic heterocycles. The molecule has 2 aromatic rings. The van der Waals surface area contributed by atoms with Gasteiger partial charge in [0.15, 0.2) is 0 Å². The molecule has 1 amide bonds. The molecule has 7 heteroatoms. The van der Waals surface area contributed by atoms with Gasteiger partial charge in [0.1, 0.15) is 17.6 Å². The van der Waals surface area contributed by atoms with Crippen LogP contribution in [-0.4, -0.2) is 58.9 Å². The number of ketones is 1. The van der Waals surface area contributed by atoms with Gasteiger partial charge >= 0.3 is 0 Å². The number of fused-ring (bicyclic) bond motifs is 1. The molecule has 0 bridgehead atoms. The highest BCUT2D eigenvalue weighted by atomic mass is 32.1. The fourth-order valence-electron chi connectivity index (χ4n) is 4.58. The Bertz CT molecular complexity index is 1030. The van der Waals surface area contributed by atoms with Crippen LogP contribution >= 0.6 is 11.3 Å². The van der Waals surface area contributed by atoms with Crippen LogP contribution in [0.15, 0.2) is 41.3 Å². The summed E-state index contributed by atoms with van der Waals surface area (Å²) in [6.45, 7) is 9.45. The predicted octanol–water partition coefficient (Wildman–Crippen LogP) is 4.23. The Morgan fingerprint density at radius 1 is 1.25 bits per heavy atom. The van der Waals surface area contributed by atoms with Crippen molar-refractivity contribution in [3.05, 3.63) is 57.3 Å². The number of hydrogen-bond acceptors (Lipinski definition) is 6. The molecule has 170 valence electrons. The van der Waals surface area contributed by atoms with E-state index in [0.717, 1.165) is 48.7 Å². The number of aliphatic hydroxyl groups excluding tert-OH is 1. The summed E-state index contributed by atoms with van der Waals surface area (Å²) in [5.74, 6) is -0.465. The summed E-state index contributed by atoms with van der Waals surface area (Å²) < 4.78 is 5.75. The molecule has 0 unspecified atom stereocenters. The largest absolute Gasteiger partial charge is 0.507 e. The van der Waals surface area contributed by atoms with Crippen LogP contribution in [0.1, 0.15) is 49.2 Å². The Hall–Kier alpha value is -2.64. The summed E-state index contributed by atoms with van der Waals surface area (Å²) in [4.78, 5) is 30.9. The third-order valence-corrected chi connectivity index (χ3v) is 7.21. The van der Waals surface area contributed by atoms with Crippen molar-refractivity contribution < 1.29 is 19.4 Å². The normalized spacial score (nSPS) is 21.9. The van der Waals surface area contributed by atoms with Gasteiger partial charge in [0, 0.05) is 23.4 Å². The molecule has 0 aliphatic carbocycles. The first-order valence-electron chi connectivity index (χ1n) is 11.3. The average molecular weight is 455 g/mol. The van der Waals surface area contributed by atoms with E-state index < -0.39 is 17.7 Å². The molecular weight excluding hydrogens is 424 g/mol. The van der Waals surface area contributed by atoms with Crippen LogP contribution in [0.3, 0.4) is 0 Å². The van der Waals surface area contributed by atoms with Crippen molar-refractivity contribution in [3.63, 3.8) is 0 Å². The Labute approximate surface area is 193 Å². The molecular formula is C25H30N2O4S. The van der Waals surface area contributed by atoms with Crippen LogP contribution in [0.2, 0.25) is 0 Å². The van der Waals surface area contributed by atoms with Gasteiger partial charge < -0.3 is 19.6 Å². The van der Waals surface area contributed by atoms with Gasteiger partial charge in [0.25, 0.3) is 11.7 Å². The number of nitrogens with zero attached hydrogens (tertiary/aromatic N) is 2. The number of hydrogen-bond donors (Lipinski definition) is 1. The molecule has 6 nitrogen and oxygen atoms in total. The van der Waals surface area contributed by atoms with E-state index in [1.807, 2.05) is 36.6 Å². The quantitative estimate of drug-likeness (QED) is 0.367. The van der Waals surface area contributed by atoms with Crippen molar-refractivity contribution in [1.82, 2.24) is 9.80 Å². The second kappa shape index (κ2) is 9.46. The van der Waals surface area contributed by atoms with Gasteiger partial charge in [-0.3, -0.25) is 9.59 Å². The number of rotatable bonds is 8. The molecule has 32 heavy (non-hydrogen) atoms. The molecule has 0 spiro atoms. The molecule has 1 aromatic heterocycles. The SMILES string of the molecule is CCN(CC)CCCN1C(=O)C(=O)/C(=C(/O)c2ccc3c(c2)C[C@@H](C)O3)[C@@H]1c1cccs1. The zero-order valence-electron chi connectivity index (χ0n) is 18.8. The summed E-state index contributed by atoms with van der Waals surface area (Å²) in [5.41, 5.74) is 1.72. The van der Waals surface area contributed by atoms with Crippen LogP contribution in [0, 0.1) is 0 Å². The summed E-state index contributed by atoms with van der Waals surface area (Å²) in [5, 5.41) is 13.1. The number of likely N-dealkylation sites (tertiary alicyclic amines) is 1. The summed E-state index contributed by atoms with van der Waals surface area (Å²) in [6, 6.07) is 8.72. The van der Waals surface area contributed by atoms with E-state index in [9.17, 15) is 14.7 Å². The molecule has 1 N–H and O–H groups in total. The Morgan fingerprint density at radius 2 is 2.03 bits per heavy atom. The lowest BCUT2D eigenvalue weighted by Crippen LogP contribution is -2.33. The Morgan fingerprint density at radius 3 is 2.72 bits per heavy atom. The maximum atomic E-state index is 13.1. The van der Waals surface area contributed by atoms with Crippen LogP contribution in [-0.2, 0) is 16.0 Å². The fraction of sp³-hybridized carbons (Fsp3) is 0.440. The minimum atomic E-state index is -0.617. The highest BCUT2D eigenvalue weighted by Gasteiger charge is 2.46. The summed E-state index contributed by atoms with van der Waals surface area (Å²) >= 11 is 1.49. The van der Waals surface area contributed by atoms with Gasteiger partial charge in [-0.05, 0) is 68.2 Å². The number of amides is 1. The number of ether oxygens (including phenoxy) is 1. The van der Waals surface area contributed by atoms with Crippen LogP contribution in [0.4, 0.5) is 0 Å². The van der Waals surface area contributed by atoms with Gasteiger partial charge in [-0.25, -0.2) is 0 Å². The zero-order valence-corrected chi connectivity index (χ0v) is 19.7. The third-order valence-electron chi connectivity index (χ3n) is 6.29. The van der Waals surface area contributed by atoms with Gasteiger partial charge in [-0.15, -0.1) is 11.3 Å². The van der Waals surface area contributed by atoms with Crippen LogP contribution in [0.5, 0.6) is 5.75 Å². The van der Waals surface area contributed by atoms with Gasteiger partial charge in [-0.2, -0.15) is 0 Å². The lowest BCUT2D eigenvalue weighted by atomic mass is 9.98. The number of Topliss-reactive ketones (excluding diaryl/α,β-unsaturated/α-hetero) is 1. The van der Waals surface area contributed by atoms with Crippen molar-refractivity contribution in [2.75, 3.05) is 26.2 Å². The van der Waals surface area contributed by atoms with Crippen molar-refractivity contribution in [1.29, 1.82) is 0 Å². The Balaban J connectivity index is 1.68. The number of aliphatic hydroxyl groups is 1. The second-order valence-corrected chi connectivity index (χ2v) is 9.32. The fourth-order valence-corrected chi connectivity index (χ4v) is 5.43. The molecule has 1 fully saturated rings. The van der Waals surface area contributed by atoms with Crippen molar-refractivity contribution in [2.24, 2.45) is 0 Å². The van der Waals surface area contributed by atoms with Crippen LogP contribution < -0.4 is 4.74 Å². The molecule has 0 saturated carbocycles. The maximum Gasteiger partial charge on any atom is 0.295 e. The number of benzene rings is 1. The van der Waals surface area contributed by atoms with Crippen LogP contribution in [0.25, 0.3) is 5.76 Å². The number of carbonyl (C=O) groups is 2. The van der Waals surface area contributed by atoms with Crippen molar-refractivity contribution in [3.8, 4) is 5.75 Å². The predicted molar refractivity (Wildman–Crippen MR) is 126 cm³/mol. The van der Waals surface area contributed by atoms with Gasteiger partial charge in [0.2, 0.25) is 0 Å². The number of carbonyl (C=O) groups excluding carboxylic acids is 2. The van der Waals surface area contributed by atoms with E-state index in [2.05, 4.69) is 18.7 Å². The molecule has 0 radical (unpaired) electrons. The van der Waals surface area contributed by atoms with Crippen molar-refractivity contribution in [2.45, 2.75) is 45.8 Å². The molecule has 1 aromatic carbocycles. The highest BCUT2D eigenvalue weighted by Crippen LogP contribution is 2.42. The van der Waals surface area contributed by atoms with E-state index in [0.29, 0.717) is 12.1 Å². The monoisotopic (exact) mass is 454 g/mol. The third kappa shape index (κ3) is 4.19. The topological polar surface area (TPSA) is 70.1 Å². The summed E-state index contributed by atoms with van der Waals surface area (Å²) in [7, 11) is 0. The average Bonchev–Trinajstić information content (AvgIpc) is 3.49. The van der Waals surface area contributed by atoms with E-state index in [-0.39, 0.29) is 17.4 Å². The highest BCUT2D eigenvalue weighted by molar-refractivity contribution is 7.10. The molecule has 2 atom stereocenters. The number of thiophene rings is 1. The minimum absolute atomic E-state index is 0.0879. The first-order chi connectivity index (χ1) is 15.4. The maximum absolute atomic E-state index is 13.1. The zero-order chi connectivity index (χ0) is 22.8. The Kier molecular flexibility index (Phi) is 6.67. The van der Waals surface area contributed by atoms with Gasteiger partial charge in [-0.1, -0.05) is 19.9 Å². The van der Waals surface area contributed by atoms with Crippen molar-refractivity contribution >= 4 is 28.8 Å². The minimum Gasteiger partial charge on any atom is -0.507 e. The molecule has 4 rings (SSSR count). The standard InChI is InChI=1S/C25H30N2O4S/c1-4-26(5-2)11-7-12-27-22(20-8-6-13-32-20)21(24(29)25(27)30)23(28)17-9-10-19-18(15-17)14-16(3)31-19/h6,8-10,13,15-16,22,28H,4-5,7,11-12,14H2,1-3H3/b23-21+/t16-,22+/m1/s1. The van der Waals surface area contributed by atoms with E-state index in [4.69, 9.17) is 4.74 Å². The first-order valence-corrected chi connectivity index (χ1v) is 12.2. The van der Waals surface area contributed by atoms with Gasteiger partial charge in [0.05, 0.1) is 11.6 Å². The van der Waals surface area contributed by atoms with E-state index in [1.165, 1.54) is 11.3 Å². The second-order valence-electron chi connectivity index (χ2n) is 8.34. The molecule has 3 heterocycles. The molecule has 1 saturated heterocycles. The lowest BCUT2D eigenvalue weighted by Gasteiger charge is -2.25. The van der Waals surface area contributed by atoms with E-state index in [1.54, 1.807) is 11.0 Å².